The minimum Gasteiger partial charge on any atom is -0.445 e. The Balaban J connectivity index is 1.59. The van der Waals surface area contributed by atoms with E-state index in [1.807, 2.05) is 44.2 Å². The number of nitrogens with zero attached hydrogens (tertiary/aromatic N) is 1. The first-order valence-electron chi connectivity index (χ1n) is 7.60. The molecule has 0 aromatic heterocycles. The van der Waals surface area contributed by atoms with Crippen LogP contribution in [0.2, 0.25) is 0 Å². The molecular formula is C17H23N3O2. The predicted molar refractivity (Wildman–Crippen MR) is 84.0 cm³/mol. The molecule has 1 aromatic rings. The van der Waals surface area contributed by atoms with Crippen molar-refractivity contribution in [3.8, 4) is 6.07 Å². The molecule has 1 aliphatic carbocycles. The summed E-state index contributed by atoms with van der Waals surface area (Å²) >= 11 is 0. The Morgan fingerprint density at radius 3 is 2.64 bits per heavy atom. The van der Waals surface area contributed by atoms with E-state index in [0.717, 1.165) is 18.4 Å². The fraction of sp³-hybridized carbons (Fsp3) is 0.529. The highest BCUT2D eigenvalue weighted by atomic mass is 16.5. The number of rotatable bonds is 6. The molecule has 0 heterocycles. The minimum absolute atomic E-state index is 0.158. The summed E-state index contributed by atoms with van der Waals surface area (Å²) in [5.41, 5.74) is 0.622. The summed E-state index contributed by atoms with van der Waals surface area (Å²) in [7, 11) is 0. The molecule has 1 aromatic carbocycles. The fourth-order valence-electron chi connectivity index (χ4n) is 2.27. The predicted octanol–water partition coefficient (Wildman–Crippen LogP) is 2.58. The molecule has 0 unspecified atom stereocenters. The number of carbonyl (C=O) groups excluding carboxylic acids is 1. The van der Waals surface area contributed by atoms with E-state index in [0.29, 0.717) is 12.6 Å². The molecule has 1 saturated carbocycles. The highest BCUT2D eigenvalue weighted by molar-refractivity contribution is 5.67. The zero-order valence-electron chi connectivity index (χ0n) is 13.1. The Hall–Kier alpha value is -2.06. The van der Waals surface area contributed by atoms with Crippen molar-refractivity contribution in [1.82, 2.24) is 10.6 Å². The Bertz CT molecular complexity index is 531. The summed E-state index contributed by atoms with van der Waals surface area (Å²) in [6.45, 7) is 4.78. The van der Waals surface area contributed by atoms with Crippen molar-refractivity contribution in [2.24, 2.45) is 5.41 Å². The average Bonchev–Trinajstić information content (AvgIpc) is 2.48. The van der Waals surface area contributed by atoms with Crippen LogP contribution < -0.4 is 10.6 Å². The Morgan fingerprint density at radius 1 is 1.32 bits per heavy atom. The molecule has 5 heteroatoms. The van der Waals surface area contributed by atoms with Crippen molar-refractivity contribution in [2.75, 3.05) is 6.54 Å². The number of amides is 1. The molecule has 0 bridgehead atoms. The van der Waals surface area contributed by atoms with E-state index >= 15 is 0 Å². The fourth-order valence-corrected chi connectivity index (χ4v) is 2.27. The van der Waals surface area contributed by atoms with Crippen LogP contribution in [0.4, 0.5) is 4.79 Å². The van der Waals surface area contributed by atoms with Crippen LogP contribution in [0.5, 0.6) is 0 Å². The first-order valence-corrected chi connectivity index (χ1v) is 7.60. The Kier molecular flexibility index (Phi) is 5.40. The summed E-state index contributed by atoms with van der Waals surface area (Å²) in [5.74, 6) is 0. The lowest BCUT2D eigenvalue weighted by Crippen LogP contribution is -2.53. The van der Waals surface area contributed by atoms with Gasteiger partial charge in [0, 0.05) is 18.6 Å². The van der Waals surface area contributed by atoms with Gasteiger partial charge in [-0.2, -0.15) is 5.26 Å². The van der Waals surface area contributed by atoms with Gasteiger partial charge < -0.3 is 15.4 Å². The SMILES string of the molecule is CC(C)(C#N)CNC1CC(NC(=O)OCc2ccccc2)C1. The highest BCUT2D eigenvalue weighted by Gasteiger charge is 2.31. The summed E-state index contributed by atoms with van der Waals surface area (Å²) in [5, 5.41) is 15.2. The lowest BCUT2D eigenvalue weighted by molar-refractivity contribution is 0.125. The minimum atomic E-state index is -0.371. The summed E-state index contributed by atoms with van der Waals surface area (Å²) < 4.78 is 5.19. The number of ether oxygens (including phenoxy) is 1. The van der Waals surface area contributed by atoms with Crippen LogP contribution in [-0.2, 0) is 11.3 Å². The molecule has 0 spiro atoms. The summed E-state index contributed by atoms with van der Waals surface area (Å²) in [4.78, 5) is 11.7. The van der Waals surface area contributed by atoms with Gasteiger partial charge in [0.25, 0.3) is 0 Å². The molecule has 2 N–H and O–H groups in total. The van der Waals surface area contributed by atoms with Crippen LogP contribution in [0.15, 0.2) is 30.3 Å². The van der Waals surface area contributed by atoms with Crippen molar-refractivity contribution >= 4 is 6.09 Å². The van der Waals surface area contributed by atoms with Crippen LogP contribution in [-0.4, -0.2) is 24.7 Å². The molecule has 0 radical (unpaired) electrons. The van der Waals surface area contributed by atoms with Gasteiger partial charge in [-0.3, -0.25) is 0 Å². The second kappa shape index (κ2) is 7.28. The number of hydrogen-bond donors (Lipinski definition) is 2. The van der Waals surface area contributed by atoms with Crippen molar-refractivity contribution in [3.63, 3.8) is 0 Å². The topological polar surface area (TPSA) is 74.2 Å². The largest absolute Gasteiger partial charge is 0.445 e. The average molecular weight is 301 g/mol. The van der Waals surface area contributed by atoms with E-state index in [1.165, 1.54) is 0 Å². The van der Waals surface area contributed by atoms with Crippen molar-refractivity contribution in [3.05, 3.63) is 35.9 Å². The van der Waals surface area contributed by atoms with Gasteiger partial charge in [0.05, 0.1) is 11.5 Å². The number of benzene rings is 1. The van der Waals surface area contributed by atoms with E-state index in [9.17, 15) is 4.79 Å². The van der Waals surface area contributed by atoms with Gasteiger partial charge in [0.2, 0.25) is 0 Å². The zero-order chi connectivity index (χ0) is 16.0. The standard InChI is InChI=1S/C17H23N3O2/c1-17(2,11-18)12-19-14-8-15(9-14)20-16(21)22-10-13-6-4-3-5-7-13/h3-7,14-15,19H,8-10,12H2,1-2H3,(H,20,21). The van der Waals surface area contributed by atoms with Gasteiger partial charge in [0.15, 0.2) is 0 Å². The Labute approximate surface area is 131 Å². The third kappa shape index (κ3) is 5.05. The molecule has 22 heavy (non-hydrogen) atoms. The molecule has 0 atom stereocenters. The van der Waals surface area contributed by atoms with Gasteiger partial charge in [-0.1, -0.05) is 30.3 Å². The van der Waals surface area contributed by atoms with Gasteiger partial charge in [0.1, 0.15) is 6.61 Å². The number of carbonyl (C=O) groups is 1. The number of nitriles is 1. The number of hydrogen-bond acceptors (Lipinski definition) is 4. The first kappa shape index (κ1) is 16.3. The molecule has 1 amide bonds. The van der Waals surface area contributed by atoms with E-state index in [2.05, 4.69) is 16.7 Å². The van der Waals surface area contributed by atoms with Crippen LogP contribution in [0.25, 0.3) is 0 Å². The molecule has 0 saturated heterocycles. The van der Waals surface area contributed by atoms with Gasteiger partial charge in [-0.05, 0) is 32.3 Å². The second-order valence-corrected chi connectivity index (χ2v) is 6.45. The number of alkyl carbamates (subject to hydrolysis) is 1. The zero-order valence-corrected chi connectivity index (χ0v) is 13.1. The normalized spacial score (nSPS) is 20.6. The van der Waals surface area contributed by atoms with Crippen LogP contribution in [0, 0.1) is 16.7 Å². The molecule has 1 fully saturated rings. The highest BCUT2D eigenvalue weighted by Crippen LogP contribution is 2.22. The van der Waals surface area contributed by atoms with Crippen LogP contribution >= 0.6 is 0 Å². The quantitative estimate of drug-likeness (QED) is 0.847. The molecule has 5 nitrogen and oxygen atoms in total. The van der Waals surface area contributed by atoms with Crippen molar-refractivity contribution < 1.29 is 9.53 Å². The van der Waals surface area contributed by atoms with E-state index in [4.69, 9.17) is 10.00 Å². The van der Waals surface area contributed by atoms with Crippen molar-refractivity contribution in [1.29, 1.82) is 5.26 Å². The number of nitrogens with one attached hydrogen (secondary N) is 2. The third-order valence-electron chi connectivity index (χ3n) is 3.81. The van der Waals surface area contributed by atoms with Gasteiger partial charge in [-0.25, -0.2) is 4.79 Å². The monoisotopic (exact) mass is 301 g/mol. The first-order chi connectivity index (χ1) is 10.5. The summed E-state index contributed by atoms with van der Waals surface area (Å²) in [6.07, 6.45) is 1.38. The third-order valence-corrected chi connectivity index (χ3v) is 3.81. The van der Waals surface area contributed by atoms with E-state index in [-0.39, 0.29) is 24.2 Å². The molecule has 0 aliphatic heterocycles. The lowest BCUT2D eigenvalue weighted by Gasteiger charge is -2.37. The van der Waals surface area contributed by atoms with Gasteiger partial charge >= 0.3 is 6.09 Å². The Morgan fingerprint density at radius 2 is 2.00 bits per heavy atom. The smallest absolute Gasteiger partial charge is 0.407 e. The molecule has 118 valence electrons. The second-order valence-electron chi connectivity index (χ2n) is 6.45. The van der Waals surface area contributed by atoms with E-state index in [1.54, 1.807) is 0 Å². The van der Waals surface area contributed by atoms with Crippen LogP contribution in [0.1, 0.15) is 32.3 Å². The van der Waals surface area contributed by atoms with Crippen LogP contribution in [0.3, 0.4) is 0 Å². The molecule has 2 rings (SSSR count). The maximum atomic E-state index is 11.7. The van der Waals surface area contributed by atoms with E-state index < -0.39 is 0 Å². The maximum absolute atomic E-state index is 11.7. The maximum Gasteiger partial charge on any atom is 0.407 e. The lowest BCUT2D eigenvalue weighted by atomic mass is 9.85. The van der Waals surface area contributed by atoms with Gasteiger partial charge in [-0.15, -0.1) is 0 Å². The molecular weight excluding hydrogens is 278 g/mol. The molecule has 1 aliphatic rings. The van der Waals surface area contributed by atoms with Crippen molar-refractivity contribution in [2.45, 2.75) is 45.4 Å². The summed E-state index contributed by atoms with van der Waals surface area (Å²) in [6, 6.07) is 12.4.